The van der Waals surface area contributed by atoms with Gasteiger partial charge in [0.25, 0.3) is 17.7 Å². The summed E-state index contributed by atoms with van der Waals surface area (Å²) in [4.78, 5) is 51.0. The molecule has 38 heavy (non-hydrogen) atoms. The molecule has 1 saturated heterocycles. The second kappa shape index (κ2) is 11.4. The Morgan fingerprint density at radius 3 is 2.39 bits per heavy atom. The van der Waals surface area contributed by atoms with Gasteiger partial charge in [0.2, 0.25) is 0 Å². The Hall–Kier alpha value is -4.34. The fraction of sp³-hybridized carbons (Fsp3) is 0.111. The summed E-state index contributed by atoms with van der Waals surface area (Å²) in [7, 11) is 1.49. The smallest absolute Gasteiger partial charge is 0.335 e. The van der Waals surface area contributed by atoms with Gasteiger partial charge in [-0.1, -0.05) is 35.3 Å². The van der Waals surface area contributed by atoms with E-state index in [1.807, 2.05) is 6.92 Å². The summed E-state index contributed by atoms with van der Waals surface area (Å²) in [6.07, 6.45) is 1.31. The topological polar surface area (TPSA) is 114 Å². The van der Waals surface area contributed by atoms with Crippen LogP contribution in [0.15, 0.2) is 66.2 Å². The number of methoxy groups -OCH3 is 1. The molecule has 3 aromatic carbocycles. The lowest BCUT2D eigenvalue weighted by molar-refractivity contribution is -0.122. The maximum atomic E-state index is 13.1. The summed E-state index contributed by atoms with van der Waals surface area (Å²) < 4.78 is 10.6. The number of hydrogen-bond acceptors (Lipinski definition) is 6. The number of carbonyl (C=O) groups is 4. The first-order chi connectivity index (χ1) is 18.2. The van der Waals surface area contributed by atoms with Crippen LogP contribution in [-0.2, 0) is 14.4 Å². The number of carbonyl (C=O) groups excluding carboxylic acids is 4. The third-order valence-electron chi connectivity index (χ3n) is 5.51. The van der Waals surface area contributed by atoms with E-state index >= 15 is 0 Å². The van der Waals surface area contributed by atoms with Crippen LogP contribution in [0.3, 0.4) is 0 Å². The summed E-state index contributed by atoms with van der Waals surface area (Å²) in [5, 5.41) is 5.52. The van der Waals surface area contributed by atoms with E-state index in [1.165, 1.54) is 37.5 Å². The van der Waals surface area contributed by atoms with Gasteiger partial charge in [-0.15, -0.1) is 0 Å². The Labute approximate surface area is 227 Å². The third kappa shape index (κ3) is 5.96. The number of benzene rings is 3. The van der Waals surface area contributed by atoms with Gasteiger partial charge in [-0.2, -0.15) is 0 Å². The van der Waals surface area contributed by atoms with Crippen molar-refractivity contribution in [3.63, 3.8) is 0 Å². The van der Waals surface area contributed by atoms with E-state index in [2.05, 4.69) is 10.6 Å². The Balaban J connectivity index is 1.46. The second-order valence-corrected chi connectivity index (χ2v) is 8.96. The highest BCUT2D eigenvalue weighted by Gasteiger charge is 2.36. The van der Waals surface area contributed by atoms with Crippen molar-refractivity contribution in [2.45, 2.75) is 6.92 Å². The summed E-state index contributed by atoms with van der Waals surface area (Å²) in [5.74, 6) is -1.29. The Morgan fingerprint density at radius 2 is 1.74 bits per heavy atom. The van der Waals surface area contributed by atoms with Crippen LogP contribution < -0.4 is 25.0 Å². The number of rotatable bonds is 7. The van der Waals surface area contributed by atoms with Gasteiger partial charge in [0.1, 0.15) is 17.1 Å². The Morgan fingerprint density at radius 1 is 1.00 bits per heavy atom. The molecule has 0 spiro atoms. The molecular formula is C27H21Cl2N3O6. The number of amides is 5. The van der Waals surface area contributed by atoms with Crippen LogP contribution in [0, 0.1) is 6.92 Å². The molecule has 9 nitrogen and oxygen atoms in total. The predicted octanol–water partition coefficient (Wildman–Crippen LogP) is 4.99. The molecule has 194 valence electrons. The average Bonchev–Trinajstić information content (AvgIpc) is 2.88. The van der Waals surface area contributed by atoms with Crippen LogP contribution in [0.4, 0.5) is 16.2 Å². The van der Waals surface area contributed by atoms with Crippen molar-refractivity contribution in [3.8, 4) is 11.5 Å². The molecule has 1 heterocycles. The molecule has 5 amide bonds. The number of imide groups is 2. The molecule has 1 aliphatic rings. The number of barbiturate groups is 1. The zero-order valence-electron chi connectivity index (χ0n) is 20.2. The molecule has 4 rings (SSSR count). The number of anilines is 2. The van der Waals surface area contributed by atoms with Crippen LogP contribution in [0.2, 0.25) is 10.0 Å². The molecule has 0 saturated carbocycles. The van der Waals surface area contributed by atoms with Gasteiger partial charge in [0.05, 0.1) is 17.8 Å². The molecule has 0 unspecified atom stereocenters. The molecule has 2 N–H and O–H groups in total. The minimum absolute atomic E-state index is 0.150. The summed E-state index contributed by atoms with van der Waals surface area (Å²) in [6.45, 7) is 1.54. The lowest BCUT2D eigenvalue weighted by Gasteiger charge is -2.26. The fourth-order valence-electron chi connectivity index (χ4n) is 3.52. The van der Waals surface area contributed by atoms with E-state index in [1.54, 1.807) is 36.4 Å². The van der Waals surface area contributed by atoms with Gasteiger partial charge in [-0.3, -0.25) is 19.7 Å². The fourth-order valence-corrected chi connectivity index (χ4v) is 3.95. The quantitative estimate of drug-likeness (QED) is 0.314. The van der Waals surface area contributed by atoms with Gasteiger partial charge in [-0.05, 0) is 72.7 Å². The van der Waals surface area contributed by atoms with Gasteiger partial charge in [-0.25, -0.2) is 9.69 Å². The summed E-state index contributed by atoms with van der Waals surface area (Å²) in [5.41, 5.74) is 1.82. The second-order valence-electron chi connectivity index (χ2n) is 8.15. The van der Waals surface area contributed by atoms with Crippen LogP contribution in [0.1, 0.15) is 11.1 Å². The Kier molecular flexibility index (Phi) is 7.99. The molecule has 1 fully saturated rings. The maximum absolute atomic E-state index is 13.1. The van der Waals surface area contributed by atoms with E-state index in [9.17, 15) is 19.2 Å². The van der Waals surface area contributed by atoms with Crippen molar-refractivity contribution in [2.24, 2.45) is 0 Å². The van der Waals surface area contributed by atoms with Crippen molar-refractivity contribution in [3.05, 3.63) is 87.4 Å². The van der Waals surface area contributed by atoms with Crippen molar-refractivity contribution in [1.29, 1.82) is 0 Å². The molecule has 0 bridgehead atoms. The van der Waals surface area contributed by atoms with Crippen molar-refractivity contribution < 1.29 is 28.7 Å². The predicted molar refractivity (Wildman–Crippen MR) is 144 cm³/mol. The number of ether oxygens (including phenoxy) is 2. The highest BCUT2D eigenvalue weighted by atomic mass is 35.5. The molecule has 0 aromatic heterocycles. The van der Waals surface area contributed by atoms with Gasteiger partial charge in [0, 0.05) is 10.7 Å². The molecule has 0 aliphatic carbocycles. The lowest BCUT2D eigenvalue weighted by Crippen LogP contribution is -2.54. The van der Waals surface area contributed by atoms with E-state index < -0.39 is 23.8 Å². The highest BCUT2D eigenvalue weighted by molar-refractivity contribution is 6.39. The van der Waals surface area contributed by atoms with Gasteiger partial charge < -0.3 is 14.8 Å². The number of halogens is 2. The molecule has 0 radical (unpaired) electrons. The van der Waals surface area contributed by atoms with E-state index in [-0.39, 0.29) is 28.6 Å². The minimum Gasteiger partial charge on any atom is -0.497 e. The van der Waals surface area contributed by atoms with Crippen LogP contribution in [0.5, 0.6) is 11.5 Å². The zero-order chi connectivity index (χ0) is 27.4. The van der Waals surface area contributed by atoms with Crippen molar-refractivity contribution in [1.82, 2.24) is 5.32 Å². The minimum atomic E-state index is -0.865. The van der Waals surface area contributed by atoms with Gasteiger partial charge >= 0.3 is 6.03 Å². The molecular weight excluding hydrogens is 533 g/mol. The van der Waals surface area contributed by atoms with Crippen LogP contribution in [-0.4, -0.2) is 37.5 Å². The normalized spacial score (nSPS) is 14.4. The SMILES string of the molecule is COc1ccc(N2C(=O)NC(=O)/C(=C\c3ccc(OCC(=O)Nc4ccc(C)c(Cl)c4)c(Cl)c3)C2=O)cc1. The zero-order valence-corrected chi connectivity index (χ0v) is 21.7. The van der Waals surface area contributed by atoms with Crippen molar-refractivity contribution in [2.75, 3.05) is 23.9 Å². The summed E-state index contributed by atoms with van der Waals surface area (Å²) >= 11 is 12.4. The standard InChI is InChI=1S/C27H21Cl2N3O6/c1-15-3-5-17(13-21(15)28)30-24(33)14-38-23-10-4-16(12-22(23)29)11-20-25(34)31-27(36)32(26(20)35)18-6-8-19(37-2)9-7-18/h3-13H,14H2,1-2H3,(H,30,33)(H,31,34,36)/b20-11+. The first-order valence-electron chi connectivity index (χ1n) is 11.2. The van der Waals surface area contributed by atoms with Crippen LogP contribution >= 0.6 is 23.2 Å². The van der Waals surface area contributed by atoms with E-state index in [0.29, 0.717) is 22.0 Å². The first kappa shape index (κ1) is 26.7. The largest absolute Gasteiger partial charge is 0.497 e. The number of nitrogens with one attached hydrogen (secondary N) is 2. The monoisotopic (exact) mass is 553 g/mol. The Bertz CT molecular complexity index is 1470. The first-order valence-corrected chi connectivity index (χ1v) is 12.0. The lowest BCUT2D eigenvalue weighted by atomic mass is 10.1. The number of nitrogens with zero attached hydrogens (tertiary/aromatic N) is 1. The summed E-state index contributed by atoms with van der Waals surface area (Å²) in [6, 6.07) is 15.0. The van der Waals surface area contributed by atoms with Crippen LogP contribution in [0.25, 0.3) is 6.08 Å². The molecule has 11 heteroatoms. The highest BCUT2D eigenvalue weighted by Crippen LogP contribution is 2.28. The number of urea groups is 1. The molecule has 0 atom stereocenters. The van der Waals surface area contributed by atoms with Gasteiger partial charge in [0.15, 0.2) is 6.61 Å². The third-order valence-corrected chi connectivity index (χ3v) is 6.22. The number of aryl methyl sites for hydroxylation is 1. The number of hydrogen-bond donors (Lipinski definition) is 2. The average molecular weight is 554 g/mol. The van der Waals surface area contributed by atoms with E-state index in [4.69, 9.17) is 32.7 Å². The van der Waals surface area contributed by atoms with Crippen molar-refractivity contribution >= 4 is 64.4 Å². The molecule has 3 aromatic rings. The van der Waals surface area contributed by atoms with E-state index in [0.717, 1.165) is 10.5 Å². The maximum Gasteiger partial charge on any atom is 0.335 e. The molecule has 1 aliphatic heterocycles.